The van der Waals surface area contributed by atoms with Gasteiger partial charge in [0.05, 0.1) is 5.41 Å². The molecule has 1 heterocycles. The van der Waals surface area contributed by atoms with Crippen molar-refractivity contribution in [2.75, 3.05) is 0 Å². The molecule has 0 unspecified atom stereocenters. The molecule has 7 aromatic rings. The lowest BCUT2D eigenvalue weighted by atomic mass is 9.67. The molecule has 0 amide bonds. The molecule has 1 heteroatoms. The molecule has 0 atom stereocenters. The number of fused-ring (bicyclic) bond motifs is 3. The van der Waals surface area contributed by atoms with Crippen LogP contribution in [0.1, 0.15) is 150 Å². The summed E-state index contributed by atoms with van der Waals surface area (Å²) in [6, 6.07) is 49.8. The molecular weight excluding hydrogens is 909 g/mol. The van der Waals surface area contributed by atoms with Gasteiger partial charge in [-0.2, -0.15) is 0 Å². The van der Waals surface area contributed by atoms with E-state index in [1.165, 1.54) is 98.8 Å². The van der Waals surface area contributed by atoms with Crippen molar-refractivity contribution in [2.24, 2.45) is 5.92 Å². The van der Waals surface area contributed by atoms with Gasteiger partial charge in [0.25, 0.3) is 0 Å². The number of benzene rings is 6. The minimum atomic E-state index is -0.374. The van der Waals surface area contributed by atoms with Gasteiger partial charge in [-0.15, -0.1) is 11.3 Å². The van der Waals surface area contributed by atoms with Crippen molar-refractivity contribution in [1.82, 2.24) is 0 Å². The average Bonchev–Trinajstić information content (AvgIpc) is 3.89. The van der Waals surface area contributed by atoms with Crippen molar-refractivity contribution in [3.63, 3.8) is 0 Å². The van der Waals surface area contributed by atoms with Gasteiger partial charge in [-0.05, 0) is 146 Å². The van der Waals surface area contributed by atoms with Crippen LogP contribution in [0, 0.1) is 47.5 Å². The Hall–Kier alpha value is -6.80. The zero-order chi connectivity index (χ0) is 54.8. The molecule has 0 N–H and O–H groups in total. The Morgan fingerprint density at radius 2 is 1.09 bits per heavy atom. The lowest BCUT2D eigenvalue weighted by molar-refractivity contribution is 0.766. The van der Waals surface area contributed by atoms with E-state index in [0.717, 1.165) is 24.8 Å². The summed E-state index contributed by atoms with van der Waals surface area (Å²) in [5.74, 6) is 0.586. The first kappa shape index (κ1) is 61.5. The second-order valence-corrected chi connectivity index (χ2v) is 20.0. The lowest BCUT2D eigenvalue weighted by Crippen LogP contribution is -2.28. The van der Waals surface area contributed by atoms with Gasteiger partial charge in [-0.25, -0.2) is 0 Å². The van der Waals surface area contributed by atoms with Crippen molar-refractivity contribution in [1.29, 1.82) is 0 Å². The summed E-state index contributed by atoms with van der Waals surface area (Å²) in [5, 5.41) is 0. The highest BCUT2D eigenvalue weighted by Crippen LogP contribution is 2.58. The average molecular weight is 998 g/mol. The summed E-state index contributed by atoms with van der Waals surface area (Å²) >= 11 is 1.96. The number of rotatable bonds is 12. The molecule has 386 valence electrons. The van der Waals surface area contributed by atoms with Crippen LogP contribution in [0.2, 0.25) is 0 Å². The normalized spacial score (nSPS) is 11.8. The smallest absolute Gasteiger partial charge is 0.0713 e. The van der Waals surface area contributed by atoms with Gasteiger partial charge >= 0.3 is 0 Å². The van der Waals surface area contributed by atoms with Crippen LogP contribution < -0.4 is 0 Å². The van der Waals surface area contributed by atoms with Crippen LogP contribution in [0.4, 0.5) is 0 Å². The molecular formula is C73H88S. The minimum absolute atomic E-state index is 0.374. The second-order valence-electron chi connectivity index (χ2n) is 18.7. The molecule has 0 spiro atoms. The van der Waals surface area contributed by atoms with Crippen LogP contribution in [0.15, 0.2) is 202 Å². The molecule has 8 rings (SSSR count). The molecule has 0 nitrogen and oxygen atoms in total. The van der Waals surface area contributed by atoms with Crippen molar-refractivity contribution in [3.05, 3.63) is 284 Å². The predicted octanol–water partition coefficient (Wildman–Crippen LogP) is 22.1. The fraction of sp³-hybridized carbons (Fsp3) is 0.260. The lowest BCUT2D eigenvalue weighted by Gasteiger charge is -2.34. The SMILES string of the molecule is C/C=C(\c1c(CC)sc(C)c1/C=C\CC)C(C)C.C=C/C=C(\C=C)CC.C=Cc1c(C)cc2c(c1C=C)-c1ccc(C)cc1C2(c1ccccc1)c1ccccc1.CC.Cc1ccc(C)cc1.Cc1ccccc1. The van der Waals surface area contributed by atoms with E-state index in [1.807, 2.05) is 67.7 Å². The van der Waals surface area contributed by atoms with Crippen molar-refractivity contribution in [2.45, 2.75) is 122 Å². The zero-order valence-electron chi connectivity index (χ0n) is 47.8. The third kappa shape index (κ3) is 15.6. The van der Waals surface area contributed by atoms with Crippen LogP contribution in [-0.4, -0.2) is 0 Å². The van der Waals surface area contributed by atoms with E-state index in [-0.39, 0.29) is 5.41 Å². The zero-order valence-corrected chi connectivity index (χ0v) is 48.6. The molecule has 0 saturated carbocycles. The first-order chi connectivity index (χ1) is 35.7. The number of hydrogen-bond acceptors (Lipinski definition) is 1. The van der Waals surface area contributed by atoms with Gasteiger partial charge in [0.15, 0.2) is 0 Å². The predicted molar refractivity (Wildman–Crippen MR) is 337 cm³/mol. The second kappa shape index (κ2) is 31.7. The van der Waals surface area contributed by atoms with Gasteiger partial charge in [0.2, 0.25) is 0 Å². The maximum absolute atomic E-state index is 4.19. The highest BCUT2D eigenvalue weighted by molar-refractivity contribution is 7.12. The van der Waals surface area contributed by atoms with Gasteiger partial charge in [0, 0.05) is 9.75 Å². The Balaban J connectivity index is 0.000000281. The summed E-state index contributed by atoms with van der Waals surface area (Å²) < 4.78 is 0. The molecule has 0 saturated heterocycles. The number of hydrogen-bond donors (Lipinski definition) is 0. The third-order valence-corrected chi connectivity index (χ3v) is 14.4. The van der Waals surface area contributed by atoms with Crippen LogP contribution in [0.25, 0.3) is 34.9 Å². The van der Waals surface area contributed by atoms with E-state index in [2.05, 4.69) is 249 Å². The van der Waals surface area contributed by atoms with Gasteiger partial charge in [-0.3, -0.25) is 0 Å². The molecule has 1 aliphatic carbocycles. The molecule has 1 aromatic heterocycles. The molecule has 0 bridgehead atoms. The van der Waals surface area contributed by atoms with E-state index in [4.69, 9.17) is 0 Å². The number of aryl methyl sites for hydroxylation is 7. The van der Waals surface area contributed by atoms with E-state index >= 15 is 0 Å². The summed E-state index contributed by atoms with van der Waals surface area (Å²) in [6.07, 6.45) is 19.7. The Kier molecular flexibility index (Phi) is 26.4. The van der Waals surface area contributed by atoms with Crippen LogP contribution in [-0.2, 0) is 11.8 Å². The highest BCUT2D eigenvalue weighted by atomic mass is 32.1. The third-order valence-electron chi connectivity index (χ3n) is 13.1. The first-order valence-electron chi connectivity index (χ1n) is 26.8. The van der Waals surface area contributed by atoms with E-state index in [0.29, 0.717) is 5.92 Å². The molecule has 74 heavy (non-hydrogen) atoms. The van der Waals surface area contributed by atoms with Crippen LogP contribution in [0.3, 0.4) is 0 Å². The van der Waals surface area contributed by atoms with Crippen LogP contribution in [0.5, 0.6) is 0 Å². The van der Waals surface area contributed by atoms with Crippen molar-refractivity contribution >= 4 is 35.1 Å². The summed E-state index contributed by atoms with van der Waals surface area (Å²) in [6.45, 7) is 45.7. The first-order valence-corrected chi connectivity index (χ1v) is 27.6. The maximum atomic E-state index is 4.19. The van der Waals surface area contributed by atoms with Gasteiger partial charge in [-0.1, -0.05) is 285 Å². The quantitative estimate of drug-likeness (QED) is 0.107. The standard InChI is InChI=1S/C31H26.C17H26S.C8H10.C8H12.C7H8.C2H6/c1-5-25-22(4)20-29-30(26(25)6-2)27-18-17-21(3)19-28(27)31(29,23-13-9-7-10-14-23)24-15-11-8-12-16-24;1-7-10-11-15-13(6)18-16(9-3)17(15)14(8-2)12(4)5;1-7-3-5-8(2)6-4-7;1-4-7-8(5-2)6-3;1-7-5-3-2-4-6-7;1-2/h5-20H,1-2H2,3-4H3;8,10-12H,7,9H2,1-6H3;3-6H,1-2H3;4-5,7H,1-2,6H2,3H3;2-6H,1H3;1-2H3/b;11-10-,14-8-;;8-7+;;. The monoisotopic (exact) mass is 997 g/mol. The van der Waals surface area contributed by atoms with Gasteiger partial charge < -0.3 is 0 Å². The molecule has 1 aliphatic rings. The number of allylic oxidation sites excluding steroid dienone is 7. The Bertz CT molecular complexity index is 2870. The topological polar surface area (TPSA) is 0 Å². The molecule has 6 aromatic carbocycles. The fourth-order valence-electron chi connectivity index (χ4n) is 9.46. The molecule has 0 radical (unpaired) electrons. The molecule has 0 fully saturated rings. The minimum Gasteiger partial charge on any atom is -0.144 e. The highest BCUT2D eigenvalue weighted by Gasteiger charge is 2.47. The Morgan fingerprint density at radius 3 is 1.49 bits per heavy atom. The van der Waals surface area contributed by atoms with E-state index < -0.39 is 0 Å². The van der Waals surface area contributed by atoms with E-state index in [1.54, 1.807) is 6.08 Å². The Morgan fingerprint density at radius 1 is 0.595 bits per heavy atom. The maximum Gasteiger partial charge on any atom is 0.0713 e. The van der Waals surface area contributed by atoms with Crippen LogP contribution >= 0.6 is 11.3 Å². The fourth-order valence-corrected chi connectivity index (χ4v) is 10.6. The summed E-state index contributed by atoms with van der Waals surface area (Å²) in [7, 11) is 0. The van der Waals surface area contributed by atoms with E-state index in [9.17, 15) is 0 Å². The number of thiophene rings is 1. The largest absolute Gasteiger partial charge is 0.144 e. The van der Waals surface area contributed by atoms with Crippen molar-refractivity contribution in [3.8, 4) is 11.1 Å². The Labute approximate surface area is 455 Å². The summed E-state index contributed by atoms with van der Waals surface area (Å²) in [4.78, 5) is 2.98. The van der Waals surface area contributed by atoms with Gasteiger partial charge in [0.1, 0.15) is 0 Å². The summed E-state index contributed by atoms with van der Waals surface area (Å²) in [5.41, 5.74) is 21.9. The van der Waals surface area contributed by atoms with Crippen molar-refractivity contribution < 1.29 is 0 Å². The molecule has 0 aliphatic heterocycles.